The molecular formula is C15H17NO3S. The van der Waals surface area contributed by atoms with Gasteiger partial charge >= 0.3 is 0 Å². The standard InChI is InChI=1S/C15H17NO3S/c1-10-3-8-14(20-10)15(18)16-9-13(17)11-4-6-12(19-2)7-5-11/h3-8,13,17H,9H2,1-2H3,(H,16,18). The molecular weight excluding hydrogens is 274 g/mol. The highest BCUT2D eigenvalue weighted by Gasteiger charge is 2.12. The number of amides is 1. The molecule has 1 amide bonds. The average molecular weight is 291 g/mol. The highest BCUT2D eigenvalue weighted by atomic mass is 32.1. The molecule has 0 aliphatic rings. The van der Waals surface area contributed by atoms with E-state index >= 15 is 0 Å². The molecule has 1 aromatic carbocycles. The summed E-state index contributed by atoms with van der Waals surface area (Å²) in [5.74, 6) is 0.578. The fourth-order valence-corrected chi connectivity index (χ4v) is 2.56. The number of ether oxygens (including phenoxy) is 1. The van der Waals surface area contributed by atoms with Crippen molar-refractivity contribution in [2.75, 3.05) is 13.7 Å². The quantitative estimate of drug-likeness (QED) is 0.890. The van der Waals surface area contributed by atoms with Crippen molar-refractivity contribution in [3.8, 4) is 5.75 Å². The molecule has 0 radical (unpaired) electrons. The van der Waals surface area contributed by atoms with E-state index in [0.717, 1.165) is 16.2 Å². The third-order valence-electron chi connectivity index (χ3n) is 2.92. The zero-order valence-corrected chi connectivity index (χ0v) is 12.2. The Labute approximate surface area is 122 Å². The predicted octanol–water partition coefficient (Wildman–Crippen LogP) is 2.53. The van der Waals surface area contributed by atoms with E-state index in [1.165, 1.54) is 11.3 Å². The second kappa shape index (κ2) is 6.54. The van der Waals surface area contributed by atoms with Gasteiger partial charge in [-0.25, -0.2) is 0 Å². The number of benzene rings is 1. The lowest BCUT2D eigenvalue weighted by atomic mass is 10.1. The van der Waals surface area contributed by atoms with Gasteiger partial charge in [0.2, 0.25) is 0 Å². The molecule has 1 aromatic heterocycles. The van der Waals surface area contributed by atoms with Gasteiger partial charge in [-0.15, -0.1) is 11.3 Å². The molecule has 0 aliphatic carbocycles. The number of carbonyl (C=O) groups is 1. The number of methoxy groups -OCH3 is 1. The number of aliphatic hydroxyl groups excluding tert-OH is 1. The van der Waals surface area contributed by atoms with Crippen LogP contribution in [0.2, 0.25) is 0 Å². The molecule has 2 aromatic rings. The van der Waals surface area contributed by atoms with Crippen molar-refractivity contribution in [2.24, 2.45) is 0 Å². The summed E-state index contributed by atoms with van der Waals surface area (Å²) in [6, 6.07) is 10.8. The van der Waals surface area contributed by atoms with E-state index in [-0.39, 0.29) is 12.5 Å². The van der Waals surface area contributed by atoms with E-state index in [1.807, 2.05) is 13.0 Å². The molecule has 2 N–H and O–H groups in total. The van der Waals surface area contributed by atoms with Crippen LogP contribution in [0, 0.1) is 6.92 Å². The maximum absolute atomic E-state index is 11.9. The van der Waals surface area contributed by atoms with Crippen molar-refractivity contribution in [3.63, 3.8) is 0 Å². The maximum atomic E-state index is 11.9. The maximum Gasteiger partial charge on any atom is 0.261 e. The van der Waals surface area contributed by atoms with Gasteiger partial charge in [-0.2, -0.15) is 0 Å². The van der Waals surface area contributed by atoms with Gasteiger partial charge in [0, 0.05) is 11.4 Å². The summed E-state index contributed by atoms with van der Waals surface area (Å²) >= 11 is 1.44. The van der Waals surface area contributed by atoms with Crippen molar-refractivity contribution in [2.45, 2.75) is 13.0 Å². The Bertz CT molecular complexity index is 577. The lowest BCUT2D eigenvalue weighted by molar-refractivity contribution is 0.0920. The molecule has 0 saturated carbocycles. The third kappa shape index (κ3) is 3.59. The zero-order valence-electron chi connectivity index (χ0n) is 11.4. The van der Waals surface area contributed by atoms with Crippen LogP contribution in [-0.2, 0) is 0 Å². The second-order valence-electron chi connectivity index (χ2n) is 4.41. The summed E-state index contributed by atoms with van der Waals surface area (Å²) in [4.78, 5) is 13.6. The number of aryl methyl sites for hydroxylation is 1. The minimum absolute atomic E-state index is 0.157. The first-order valence-electron chi connectivity index (χ1n) is 6.27. The van der Waals surface area contributed by atoms with Gasteiger partial charge < -0.3 is 15.2 Å². The highest BCUT2D eigenvalue weighted by Crippen LogP contribution is 2.18. The van der Waals surface area contributed by atoms with Crippen LogP contribution in [0.3, 0.4) is 0 Å². The summed E-state index contributed by atoms with van der Waals surface area (Å²) in [6.07, 6.45) is -0.731. The van der Waals surface area contributed by atoms with Crippen molar-refractivity contribution in [3.05, 3.63) is 51.7 Å². The van der Waals surface area contributed by atoms with E-state index in [0.29, 0.717) is 4.88 Å². The fourth-order valence-electron chi connectivity index (χ4n) is 1.78. The van der Waals surface area contributed by atoms with Gasteiger partial charge in [0.1, 0.15) is 5.75 Å². The Kier molecular flexibility index (Phi) is 4.76. The molecule has 1 unspecified atom stereocenters. The lowest BCUT2D eigenvalue weighted by Crippen LogP contribution is -2.27. The highest BCUT2D eigenvalue weighted by molar-refractivity contribution is 7.13. The van der Waals surface area contributed by atoms with E-state index in [1.54, 1.807) is 37.4 Å². The number of rotatable bonds is 5. The Morgan fingerprint density at radius 1 is 1.30 bits per heavy atom. The van der Waals surface area contributed by atoms with E-state index in [4.69, 9.17) is 4.74 Å². The Hall–Kier alpha value is -1.85. The van der Waals surface area contributed by atoms with Gasteiger partial charge in [-0.05, 0) is 36.8 Å². The van der Waals surface area contributed by atoms with Gasteiger partial charge in [0.25, 0.3) is 5.91 Å². The number of hydrogen-bond donors (Lipinski definition) is 2. The van der Waals surface area contributed by atoms with Gasteiger partial charge in [0.05, 0.1) is 18.1 Å². The molecule has 20 heavy (non-hydrogen) atoms. The molecule has 5 heteroatoms. The van der Waals surface area contributed by atoms with Crippen LogP contribution in [0.4, 0.5) is 0 Å². The zero-order chi connectivity index (χ0) is 14.5. The lowest BCUT2D eigenvalue weighted by Gasteiger charge is -2.12. The number of nitrogens with one attached hydrogen (secondary N) is 1. The summed E-state index contributed by atoms with van der Waals surface area (Å²) < 4.78 is 5.06. The minimum atomic E-state index is -0.731. The summed E-state index contributed by atoms with van der Waals surface area (Å²) in [6.45, 7) is 2.13. The van der Waals surface area contributed by atoms with E-state index < -0.39 is 6.10 Å². The molecule has 4 nitrogen and oxygen atoms in total. The Balaban J connectivity index is 1.91. The first-order chi connectivity index (χ1) is 9.60. The Morgan fingerprint density at radius 2 is 2.00 bits per heavy atom. The molecule has 1 heterocycles. The van der Waals surface area contributed by atoms with Crippen molar-refractivity contribution < 1.29 is 14.6 Å². The smallest absolute Gasteiger partial charge is 0.261 e. The van der Waals surface area contributed by atoms with Crippen molar-refractivity contribution in [1.29, 1.82) is 0 Å². The first-order valence-corrected chi connectivity index (χ1v) is 7.08. The summed E-state index contributed by atoms with van der Waals surface area (Å²) in [7, 11) is 1.59. The first kappa shape index (κ1) is 14.6. The van der Waals surface area contributed by atoms with Crippen LogP contribution in [-0.4, -0.2) is 24.7 Å². The van der Waals surface area contributed by atoms with Crippen molar-refractivity contribution >= 4 is 17.2 Å². The summed E-state index contributed by atoms with van der Waals surface area (Å²) in [5.41, 5.74) is 0.744. The van der Waals surface area contributed by atoms with E-state index in [9.17, 15) is 9.90 Å². The van der Waals surface area contributed by atoms with Gasteiger partial charge in [0.15, 0.2) is 0 Å². The third-order valence-corrected chi connectivity index (χ3v) is 3.92. The van der Waals surface area contributed by atoms with Crippen LogP contribution < -0.4 is 10.1 Å². The average Bonchev–Trinajstić information content (AvgIpc) is 2.91. The van der Waals surface area contributed by atoms with Crippen molar-refractivity contribution in [1.82, 2.24) is 5.32 Å². The van der Waals surface area contributed by atoms with Crippen LogP contribution in [0.25, 0.3) is 0 Å². The van der Waals surface area contributed by atoms with Gasteiger partial charge in [-0.1, -0.05) is 12.1 Å². The van der Waals surface area contributed by atoms with Gasteiger partial charge in [-0.3, -0.25) is 4.79 Å². The molecule has 0 spiro atoms. The monoisotopic (exact) mass is 291 g/mol. The van der Waals surface area contributed by atoms with Crippen LogP contribution in [0.15, 0.2) is 36.4 Å². The molecule has 0 saturated heterocycles. The predicted molar refractivity (Wildman–Crippen MR) is 79.3 cm³/mol. The number of aliphatic hydroxyl groups is 1. The van der Waals surface area contributed by atoms with Crippen LogP contribution in [0.1, 0.15) is 26.2 Å². The fraction of sp³-hybridized carbons (Fsp3) is 0.267. The summed E-state index contributed by atoms with van der Waals surface area (Å²) in [5, 5.41) is 12.8. The van der Waals surface area contributed by atoms with E-state index in [2.05, 4.69) is 5.32 Å². The number of hydrogen-bond acceptors (Lipinski definition) is 4. The largest absolute Gasteiger partial charge is 0.497 e. The molecule has 0 fully saturated rings. The van der Waals surface area contributed by atoms with Crippen LogP contribution >= 0.6 is 11.3 Å². The SMILES string of the molecule is COc1ccc(C(O)CNC(=O)c2ccc(C)s2)cc1. The Morgan fingerprint density at radius 3 is 2.55 bits per heavy atom. The molecule has 2 rings (SSSR count). The minimum Gasteiger partial charge on any atom is -0.497 e. The molecule has 0 bridgehead atoms. The topological polar surface area (TPSA) is 58.6 Å². The normalized spacial score (nSPS) is 11.9. The number of carbonyl (C=O) groups excluding carboxylic acids is 1. The van der Waals surface area contributed by atoms with Crippen LogP contribution in [0.5, 0.6) is 5.75 Å². The molecule has 106 valence electrons. The molecule has 0 aliphatic heterocycles. The second-order valence-corrected chi connectivity index (χ2v) is 5.70. The number of thiophene rings is 1. The molecule has 1 atom stereocenters.